The summed E-state index contributed by atoms with van der Waals surface area (Å²) in [4.78, 5) is 2.68. The van der Waals surface area contributed by atoms with Crippen LogP contribution in [0.25, 0.3) is 0 Å². The van der Waals surface area contributed by atoms with Crippen LogP contribution in [0.1, 0.15) is 73.1 Å². The minimum Gasteiger partial charge on any atom is -0.312 e. The van der Waals surface area contributed by atoms with Crippen molar-refractivity contribution in [2.45, 2.75) is 84.7 Å². The Morgan fingerprint density at radius 3 is 2.05 bits per heavy atom. The molecule has 2 heteroatoms. The molecule has 0 saturated heterocycles. The van der Waals surface area contributed by atoms with Gasteiger partial charge in [-0.25, -0.2) is 0 Å². The maximum atomic E-state index is 3.85. The first-order chi connectivity index (χ1) is 9.13. The molecule has 0 aromatic carbocycles. The zero-order chi connectivity index (χ0) is 14.3. The Balaban J connectivity index is 2.91. The number of nitrogens with zero attached hydrogens (tertiary/aromatic N) is 1. The highest BCUT2D eigenvalue weighted by Gasteiger charge is 2.40. The van der Waals surface area contributed by atoms with Gasteiger partial charge in [0.25, 0.3) is 0 Å². The minimum absolute atomic E-state index is 0.307. The van der Waals surface area contributed by atoms with E-state index in [2.05, 4.69) is 44.8 Å². The highest BCUT2D eigenvalue weighted by atomic mass is 15.2. The van der Waals surface area contributed by atoms with Gasteiger partial charge in [-0.05, 0) is 51.7 Å². The molecule has 19 heavy (non-hydrogen) atoms. The van der Waals surface area contributed by atoms with Crippen molar-refractivity contribution in [3.8, 4) is 0 Å². The van der Waals surface area contributed by atoms with E-state index in [4.69, 9.17) is 0 Å². The molecule has 0 aliphatic heterocycles. The average Bonchev–Trinajstić information content (AvgIpc) is 2.46. The van der Waals surface area contributed by atoms with Crippen LogP contribution in [0, 0.1) is 5.92 Å². The van der Waals surface area contributed by atoms with E-state index in [0.29, 0.717) is 11.6 Å². The van der Waals surface area contributed by atoms with Gasteiger partial charge in [0.15, 0.2) is 0 Å². The van der Waals surface area contributed by atoms with E-state index >= 15 is 0 Å². The molecular formula is C17H36N2. The van der Waals surface area contributed by atoms with Gasteiger partial charge in [-0.2, -0.15) is 0 Å². The second kappa shape index (κ2) is 8.26. The molecule has 0 spiro atoms. The van der Waals surface area contributed by atoms with Crippen LogP contribution in [0.5, 0.6) is 0 Å². The lowest BCUT2D eigenvalue weighted by molar-refractivity contribution is 0.0372. The predicted molar refractivity (Wildman–Crippen MR) is 85.7 cm³/mol. The molecule has 0 amide bonds. The van der Waals surface area contributed by atoms with E-state index in [-0.39, 0.29) is 0 Å². The van der Waals surface area contributed by atoms with Gasteiger partial charge in [-0.15, -0.1) is 0 Å². The second-order valence-electron chi connectivity index (χ2n) is 6.32. The van der Waals surface area contributed by atoms with Gasteiger partial charge in [0.2, 0.25) is 0 Å². The monoisotopic (exact) mass is 268 g/mol. The lowest BCUT2D eigenvalue weighted by Crippen LogP contribution is -2.62. The van der Waals surface area contributed by atoms with Crippen molar-refractivity contribution in [1.82, 2.24) is 10.2 Å². The van der Waals surface area contributed by atoms with E-state index in [0.717, 1.165) is 25.6 Å². The topological polar surface area (TPSA) is 15.3 Å². The summed E-state index contributed by atoms with van der Waals surface area (Å²) in [6.07, 6.45) is 8.41. The van der Waals surface area contributed by atoms with Gasteiger partial charge >= 0.3 is 0 Å². The van der Waals surface area contributed by atoms with Gasteiger partial charge in [0.1, 0.15) is 0 Å². The number of nitrogens with one attached hydrogen (secondary N) is 1. The summed E-state index contributed by atoms with van der Waals surface area (Å²) < 4.78 is 0. The Labute approximate surface area is 121 Å². The number of likely N-dealkylation sites (N-methyl/N-ethyl adjacent to an activating group) is 2. The van der Waals surface area contributed by atoms with Gasteiger partial charge in [-0.1, -0.05) is 47.0 Å². The minimum atomic E-state index is 0.307. The quantitative estimate of drug-likeness (QED) is 0.714. The smallest absolute Gasteiger partial charge is 0.0334 e. The summed E-state index contributed by atoms with van der Waals surface area (Å²) in [5, 5.41) is 3.85. The van der Waals surface area contributed by atoms with Crippen molar-refractivity contribution < 1.29 is 0 Å². The highest BCUT2D eigenvalue weighted by Crippen LogP contribution is 2.35. The lowest BCUT2D eigenvalue weighted by Gasteiger charge is -2.49. The molecule has 2 unspecified atom stereocenters. The van der Waals surface area contributed by atoms with Crippen LogP contribution in [0.4, 0.5) is 0 Å². The van der Waals surface area contributed by atoms with Crippen molar-refractivity contribution in [1.29, 1.82) is 0 Å². The Hall–Kier alpha value is -0.0800. The molecule has 0 bridgehead atoms. The number of hydrogen-bond acceptors (Lipinski definition) is 2. The van der Waals surface area contributed by atoms with Crippen LogP contribution in [-0.2, 0) is 0 Å². The Kier molecular flexibility index (Phi) is 7.38. The van der Waals surface area contributed by atoms with Gasteiger partial charge < -0.3 is 5.32 Å². The van der Waals surface area contributed by atoms with Crippen LogP contribution < -0.4 is 5.32 Å². The van der Waals surface area contributed by atoms with Crippen LogP contribution in [0.15, 0.2) is 0 Å². The summed E-state index contributed by atoms with van der Waals surface area (Å²) in [6, 6.07) is 0.655. The van der Waals surface area contributed by atoms with Crippen molar-refractivity contribution in [3.63, 3.8) is 0 Å². The van der Waals surface area contributed by atoms with Gasteiger partial charge in [0.05, 0.1) is 0 Å². The molecule has 2 nitrogen and oxygen atoms in total. The third-order valence-corrected chi connectivity index (χ3v) is 5.42. The highest BCUT2D eigenvalue weighted by molar-refractivity contribution is 4.99. The normalized spacial score (nSPS) is 22.4. The summed E-state index contributed by atoms with van der Waals surface area (Å²) in [6.45, 7) is 15.1. The van der Waals surface area contributed by atoms with Crippen molar-refractivity contribution in [3.05, 3.63) is 0 Å². The SMILES string of the molecule is CCNC(C1CCCCC1)C(C)(CC)N(CC)CC. The van der Waals surface area contributed by atoms with Crippen LogP contribution in [0.3, 0.4) is 0 Å². The molecule has 0 heterocycles. The Morgan fingerprint density at radius 1 is 1.05 bits per heavy atom. The molecule has 1 aliphatic rings. The van der Waals surface area contributed by atoms with Crippen molar-refractivity contribution in [2.24, 2.45) is 5.92 Å². The van der Waals surface area contributed by atoms with Crippen LogP contribution in [-0.4, -0.2) is 36.1 Å². The fraction of sp³-hybridized carbons (Fsp3) is 1.00. The van der Waals surface area contributed by atoms with E-state index in [1.54, 1.807) is 0 Å². The molecule has 1 saturated carbocycles. The second-order valence-corrected chi connectivity index (χ2v) is 6.32. The average molecular weight is 268 g/mol. The zero-order valence-corrected chi connectivity index (χ0v) is 14.0. The molecule has 1 fully saturated rings. The maximum absolute atomic E-state index is 3.85. The number of rotatable bonds is 8. The molecule has 1 N–H and O–H groups in total. The van der Waals surface area contributed by atoms with E-state index in [1.807, 2.05) is 0 Å². The van der Waals surface area contributed by atoms with Crippen molar-refractivity contribution in [2.75, 3.05) is 19.6 Å². The zero-order valence-electron chi connectivity index (χ0n) is 14.0. The third-order valence-electron chi connectivity index (χ3n) is 5.42. The Morgan fingerprint density at radius 2 is 1.63 bits per heavy atom. The summed E-state index contributed by atoms with van der Waals surface area (Å²) in [5.41, 5.74) is 0.307. The van der Waals surface area contributed by atoms with Crippen LogP contribution >= 0.6 is 0 Å². The summed E-state index contributed by atoms with van der Waals surface area (Å²) >= 11 is 0. The lowest BCUT2D eigenvalue weighted by atomic mass is 9.73. The fourth-order valence-electron chi connectivity index (χ4n) is 4.17. The van der Waals surface area contributed by atoms with Crippen LogP contribution in [0.2, 0.25) is 0 Å². The van der Waals surface area contributed by atoms with E-state index in [9.17, 15) is 0 Å². The molecule has 0 radical (unpaired) electrons. The first-order valence-corrected chi connectivity index (χ1v) is 8.62. The molecule has 0 aromatic heterocycles. The van der Waals surface area contributed by atoms with Gasteiger partial charge in [0, 0.05) is 11.6 Å². The summed E-state index contributed by atoms with van der Waals surface area (Å²) in [5.74, 6) is 0.874. The molecular weight excluding hydrogens is 232 g/mol. The molecule has 114 valence electrons. The first kappa shape index (κ1) is 17.0. The largest absolute Gasteiger partial charge is 0.312 e. The van der Waals surface area contributed by atoms with E-state index < -0.39 is 0 Å². The maximum Gasteiger partial charge on any atom is 0.0334 e. The third kappa shape index (κ3) is 3.95. The standard InChI is InChI=1S/C17H36N2/c1-6-17(5,19(8-3)9-4)16(18-7-2)15-13-11-10-12-14-15/h15-16,18H,6-14H2,1-5H3. The number of hydrogen-bond donors (Lipinski definition) is 1. The molecule has 2 atom stereocenters. The predicted octanol–water partition coefficient (Wildman–Crippen LogP) is 4.06. The van der Waals surface area contributed by atoms with Crippen molar-refractivity contribution >= 4 is 0 Å². The fourth-order valence-corrected chi connectivity index (χ4v) is 4.17. The molecule has 1 aliphatic carbocycles. The van der Waals surface area contributed by atoms with Gasteiger partial charge in [-0.3, -0.25) is 4.90 Å². The van der Waals surface area contributed by atoms with E-state index in [1.165, 1.54) is 38.5 Å². The first-order valence-electron chi connectivity index (χ1n) is 8.62. The molecule has 1 rings (SSSR count). The Bertz CT molecular complexity index is 231. The molecule has 0 aromatic rings. The summed E-state index contributed by atoms with van der Waals surface area (Å²) in [7, 11) is 0.